The first-order valence-electron chi connectivity index (χ1n) is 6.78. The second-order valence-corrected chi connectivity index (χ2v) is 5.04. The lowest BCUT2D eigenvalue weighted by Crippen LogP contribution is -2.40. The van der Waals surface area contributed by atoms with E-state index in [0.717, 1.165) is 0 Å². The van der Waals surface area contributed by atoms with Crippen LogP contribution in [0.25, 0.3) is 0 Å². The predicted molar refractivity (Wildman–Crippen MR) is 79.9 cm³/mol. The summed E-state index contributed by atoms with van der Waals surface area (Å²) in [5.74, 6) is 0.111. The molecule has 116 valence electrons. The number of hydrogen-bond donors (Lipinski definition) is 2. The molecule has 7 heteroatoms. The number of hydrogen-bond acceptors (Lipinski definition) is 5. The minimum absolute atomic E-state index is 0.0113. The molecule has 22 heavy (non-hydrogen) atoms. The van der Waals surface area contributed by atoms with Crippen LogP contribution in [-0.2, 0) is 4.79 Å². The summed E-state index contributed by atoms with van der Waals surface area (Å²) < 4.78 is 18.4. The van der Waals surface area contributed by atoms with Gasteiger partial charge in [0.2, 0.25) is 17.7 Å². The quantitative estimate of drug-likeness (QED) is 0.855. The second-order valence-electron chi connectivity index (χ2n) is 5.04. The molecular weight excluding hydrogens is 287 g/mol. The van der Waals surface area contributed by atoms with Crippen LogP contribution in [0.4, 0.5) is 10.3 Å². The molecule has 3 N–H and O–H groups in total. The van der Waals surface area contributed by atoms with E-state index >= 15 is 0 Å². The molecule has 0 saturated carbocycles. The molecule has 0 radical (unpaired) electrons. The van der Waals surface area contributed by atoms with E-state index in [9.17, 15) is 9.18 Å². The van der Waals surface area contributed by atoms with Gasteiger partial charge in [0.25, 0.3) is 0 Å². The first-order valence-corrected chi connectivity index (χ1v) is 6.78. The van der Waals surface area contributed by atoms with Gasteiger partial charge in [0, 0.05) is 12.3 Å². The number of rotatable bonds is 6. The van der Waals surface area contributed by atoms with Crippen molar-refractivity contribution in [3.05, 3.63) is 42.3 Å². The molecule has 1 aromatic heterocycles. The molecule has 1 heterocycles. The maximum absolute atomic E-state index is 12.8. The van der Waals surface area contributed by atoms with E-state index in [1.54, 1.807) is 6.07 Å². The summed E-state index contributed by atoms with van der Waals surface area (Å²) in [5, 5.41) is 2.88. The Morgan fingerprint density at radius 2 is 1.95 bits per heavy atom. The van der Waals surface area contributed by atoms with Gasteiger partial charge >= 0.3 is 0 Å². The number of carbonyl (C=O) groups excluding carboxylic acids is 1. The number of primary amides is 1. The zero-order valence-corrected chi connectivity index (χ0v) is 12.3. The van der Waals surface area contributed by atoms with Crippen LogP contribution >= 0.6 is 0 Å². The number of amides is 1. The molecule has 0 bridgehead atoms. The van der Waals surface area contributed by atoms with Crippen LogP contribution in [0.15, 0.2) is 36.5 Å². The Balaban J connectivity index is 2.12. The van der Waals surface area contributed by atoms with Crippen molar-refractivity contribution in [3.8, 4) is 11.6 Å². The van der Waals surface area contributed by atoms with Crippen molar-refractivity contribution in [2.24, 2.45) is 11.7 Å². The number of ether oxygens (including phenoxy) is 1. The highest BCUT2D eigenvalue weighted by Gasteiger charge is 2.20. The largest absolute Gasteiger partial charge is 0.439 e. The highest BCUT2D eigenvalue weighted by atomic mass is 19.1. The topological polar surface area (TPSA) is 90.1 Å². The van der Waals surface area contributed by atoms with Gasteiger partial charge in [-0.25, -0.2) is 9.37 Å². The van der Waals surface area contributed by atoms with Gasteiger partial charge in [0.1, 0.15) is 17.6 Å². The third kappa shape index (κ3) is 4.15. The Bertz CT molecular complexity index is 646. The Kier molecular flexibility index (Phi) is 4.88. The molecule has 0 spiro atoms. The van der Waals surface area contributed by atoms with E-state index in [0.29, 0.717) is 5.75 Å². The normalized spacial score (nSPS) is 12.0. The zero-order chi connectivity index (χ0) is 16.1. The van der Waals surface area contributed by atoms with Crippen LogP contribution in [0.3, 0.4) is 0 Å². The van der Waals surface area contributed by atoms with Crippen LogP contribution < -0.4 is 15.8 Å². The Morgan fingerprint density at radius 1 is 1.27 bits per heavy atom. The van der Waals surface area contributed by atoms with Crippen molar-refractivity contribution in [3.63, 3.8) is 0 Å². The molecular formula is C15H17FN4O2. The highest BCUT2D eigenvalue weighted by molar-refractivity contribution is 5.82. The number of nitrogens with zero attached hydrogens (tertiary/aromatic N) is 2. The number of benzene rings is 1. The average molecular weight is 304 g/mol. The molecule has 0 saturated heterocycles. The molecule has 1 unspecified atom stereocenters. The Morgan fingerprint density at radius 3 is 2.55 bits per heavy atom. The van der Waals surface area contributed by atoms with Gasteiger partial charge in [-0.1, -0.05) is 13.8 Å². The van der Waals surface area contributed by atoms with E-state index in [2.05, 4.69) is 15.3 Å². The molecule has 0 aliphatic carbocycles. The third-order valence-electron chi connectivity index (χ3n) is 2.92. The SMILES string of the molecule is CC(C)C(Nc1nccc(Oc2ccc(F)cc2)n1)C(N)=O. The Labute approximate surface area is 127 Å². The van der Waals surface area contributed by atoms with Crippen molar-refractivity contribution in [1.29, 1.82) is 0 Å². The van der Waals surface area contributed by atoms with Gasteiger partial charge in [-0.05, 0) is 30.2 Å². The number of nitrogens with two attached hydrogens (primary N) is 1. The number of aromatic nitrogens is 2. The summed E-state index contributed by atoms with van der Waals surface area (Å²) in [6.07, 6.45) is 1.49. The highest BCUT2D eigenvalue weighted by Crippen LogP contribution is 2.20. The van der Waals surface area contributed by atoms with Crippen molar-refractivity contribution in [2.45, 2.75) is 19.9 Å². The van der Waals surface area contributed by atoms with Gasteiger partial charge < -0.3 is 15.8 Å². The van der Waals surface area contributed by atoms with Crippen LogP contribution in [0.1, 0.15) is 13.8 Å². The molecule has 2 rings (SSSR count). The summed E-state index contributed by atoms with van der Waals surface area (Å²) in [7, 11) is 0. The molecule has 1 amide bonds. The summed E-state index contributed by atoms with van der Waals surface area (Å²) in [6.45, 7) is 3.72. The summed E-state index contributed by atoms with van der Waals surface area (Å²) in [6, 6.07) is 6.54. The molecule has 0 fully saturated rings. The van der Waals surface area contributed by atoms with Gasteiger partial charge in [-0.2, -0.15) is 4.98 Å². The van der Waals surface area contributed by atoms with Gasteiger partial charge in [0.05, 0.1) is 0 Å². The number of nitrogens with one attached hydrogen (secondary N) is 1. The minimum Gasteiger partial charge on any atom is -0.439 e. The first kappa shape index (κ1) is 15.7. The van der Waals surface area contributed by atoms with E-state index in [-0.39, 0.29) is 23.6 Å². The fraction of sp³-hybridized carbons (Fsp3) is 0.267. The van der Waals surface area contributed by atoms with Gasteiger partial charge in [-0.3, -0.25) is 4.79 Å². The second kappa shape index (κ2) is 6.84. The lowest BCUT2D eigenvalue weighted by Gasteiger charge is -2.18. The fourth-order valence-electron chi connectivity index (χ4n) is 1.80. The zero-order valence-electron chi connectivity index (χ0n) is 12.3. The maximum Gasteiger partial charge on any atom is 0.240 e. The number of carbonyl (C=O) groups is 1. The molecule has 1 atom stereocenters. The van der Waals surface area contributed by atoms with Gasteiger partial charge in [0.15, 0.2) is 0 Å². The Hall–Kier alpha value is -2.70. The molecule has 0 aliphatic rings. The number of anilines is 1. The lowest BCUT2D eigenvalue weighted by atomic mass is 10.0. The smallest absolute Gasteiger partial charge is 0.240 e. The average Bonchev–Trinajstić information content (AvgIpc) is 2.47. The van der Waals surface area contributed by atoms with Crippen molar-refractivity contribution < 1.29 is 13.9 Å². The van der Waals surface area contributed by atoms with Crippen molar-refractivity contribution in [2.75, 3.05) is 5.32 Å². The summed E-state index contributed by atoms with van der Waals surface area (Å²) in [5.41, 5.74) is 5.34. The van der Waals surface area contributed by atoms with Gasteiger partial charge in [-0.15, -0.1) is 0 Å². The van der Waals surface area contributed by atoms with Crippen LogP contribution in [-0.4, -0.2) is 21.9 Å². The maximum atomic E-state index is 12.8. The minimum atomic E-state index is -0.582. The van der Waals surface area contributed by atoms with Crippen LogP contribution in [0, 0.1) is 11.7 Å². The summed E-state index contributed by atoms with van der Waals surface area (Å²) >= 11 is 0. The van der Waals surface area contributed by atoms with Crippen LogP contribution in [0.2, 0.25) is 0 Å². The summed E-state index contributed by atoms with van der Waals surface area (Å²) in [4.78, 5) is 19.6. The molecule has 2 aromatic rings. The monoisotopic (exact) mass is 304 g/mol. The fourth-order valence-corrected chi connectivity index (χ4v) is 1.80. The molecule has 0 aliphatic heterocycles. The van der Waals surface area contributed by atoms with Crippen LogP contribution in [0.5, 0.6) is 11.6 Å². The van der Waals surface area contributed by atoms with Crippen molar-refractivity contribution in [1.82, 2.24) is 9.97 Å². The van der Waals surface area contributed by atoms with E-state index in [4.69, 9.17) is 10.5 Å². The van der Waals surface area contributed by atoms with E-state index in [1.165, 1.54) is 30.5 Å². The van der Waals surface area contributed by atoms with Crippen molar-refractivity contribution >= 4 is 11.9 Å². The lowest BCUT2D eigenvalue weighted by molar-refractivity contribution is -0.119. The van der Waals surface area contributed by atoms with E-state index in [1.807, 2.05) is 13.8 Å². The number of halogens is 1. The van der Waals surface area contributed by atoms with E-state index < -0.39 is 11.9 Å². The predicted octanol–water partition coefficient (Wildman–Crippen LogP) is 2.33. The first-order chi connectivity index (χ1) is 10.5. The molecule has 6 nitrogen and oxygen atoms in total. The standard InChI is InChI=1S/C15H17FN4O2/c1-9(2)13(14(17)21)20-15-18-8-7-12(19-15)22-11-5-3-10(16)4-6-11/h3-9,13H,1-2H3,(H2,17,21)(H,18,19,20). The molecule has 1 aromatic carbocycles. The third-order valence-corrected chi connectivity index (χ3v) is 2.92.